The van der Waals surface area contributed by atoms with Gasteiger partial charge in [-0.3, -0.25) is 0 Å². The maximum Gasteiger partial charge on any atom is 1.00 e. The van der Waals surface area contributed by atoms with Crippen LogP contribution < -0.4 is 24.0 Å². The molecule has 0 aromatic heterocycles. The van der Waals surface area contributed by atoms with Gasteiger partial charge in [0.15, 0.2) is 0 Å². The van der Waals surface area contributed by atoms with Crippen molar-refractivity contribution in [2.24, 2.45) is 0 Å². The Bertz CT molecular complexity index is 290. The summed E-state index contributed by atoms with van der Waals surface area (Å²) in [6.45, 7) is 2.27. The zero-order chi connectivity index (χ0) is 17.7. The minimum absolute atomic E-state index is 0. The third kappa shape index (κ3) is 26.2. The Morgan fingerprint density at radius 2 is 1.00 bits per heavy atom. The van der Waals surface area contributed by atoms with Gasteiger partial charge in [-0.15, -0.1) is 0 Å². The summed E-state index contributed by atoms with van der Waals surface area (Å²) in [6, 6.07) is 0. The standard InChI is InChI=1S/C22H42O2.Li/c1-2-3-4-5-6-7-8-9-10-11-12-13-14-15-16-17-18-19-20-21-22(23)24;/h9-10H,2-8,11-21H2,1H3,(H,23,24);/q;+1/p-1/b10-9+;. The number of carboxylic acids is 1. The molecule has 0 bridgehead atoms. The Hall–Kier alpha value is -0.193. The Kier molecular flexibility index (Phi) is 25.7. The molecule has 0 radical (unpaired) electrons. The second-order valence-corrected chi connectivity index (χ2v) is 7.12. The van der Waals surface area contributed by atoms with Gasteiger partial charge in [-0.25, -0.2) is 0 Å². The molecule has 2 nitrogen and oxygen atoms in total. The zero-order valence-electron chi connectivity index (χ0n) is 17.2. The van der Waals surface area contributed by atoms with Crippen molar-refractivity contribution in [2.75, 3.05) is 0 Å². The summed E-state index contributed by atoms with van der Waals surface area (Å²) in [5, 5.41) is 10.3. The second-order valence-electron chi connectivity index (χ2n) is 7.12. The van der Waals surface area contributed by atoms with E-state index in [0.29, 0.717) is 0 Å². The first kappa shape index (κ1) is 27.0. The van der Waals surface area contributed by atoms with Crippen LogP contribution in [-0.4, -0.2) is 5.97 Å². The molecule has 3 heteroatoms. The third-order valence-corrected chi connectivity index (χ3v) is 4.64. The Balaban J connectivity index is 0. The molecule has 0 heterocycles. The van der Waals surface area contributed by atoms with E-state index >= 15 is 0 Å². The largest absolute Gasteiger partial charge is 1.00 e. The zero-order valence-corrected chi connectivity index (χ0v) is 17.2. The van der Waals surface area contributed by atoms with E-state index in [0.717, 1.165) is 12.8 Å². The predicted octanol–water partition coefficient (Wildman–Crippen LogP) is 3.34. The minimum Gasteiger partial charge on any atom is -0.550 e. The van der Waals surface area contributed by atoms with E-state index in [4.69, 9.17) is 0 Å². The molecule has 0 aliphatic rings. The third-order valence-electron chi connectivity index (χ3n) is 4.64. The minimum atomic E-state index is -0.906. The van der Waals surface area contributed by atoms with Crippen molar-refractivity contribution in [2.45, 2.75) is 122 Å². The van der Waals surface area contributed by atoms with Crippen molar-refractivity contribution in [3.8, 4) is 0 Å². The Morgan fingerprint density at radius 3 is 1.40 bits per heavy atom. The summed E-state index contributed by atoms with van der Waals surface area (Å²) in [5.74, 6) is -0.906. The number of rotatable bonds is 19. The average molecular weight is 345 g/mol. The van der Waals surface area contributed by atoms with Gasteiger partial charge in [0.25, 0.3) is 0 Å². The fourth-order valence-corrected chi connectivity index (χ4v) is 3.05. The summed E-state index contributed by atoms with van der Waals surface area (Å²) in [5.41, 5.74) is 0. The number of hydrogen-bond donors (Lipinski definition) is 0. The van der Waals surface area contributed by atoms with Crippen molar-refractivity contribution >= 4 is 5.97 Å². The van der Waals surface area contributed by atoms with Gasteiger partial charge in [0, 0.05) is 5.97 Å². The van der Waals surface area contributed by atoms with Gasteiger partial charge in [-0.2, -0.15) is 0 Å². The number of carboxylic acid groups (broad SMARTS) is 1. The summed E-state index contributed by atoms with van der Waals surface area (Å²) >= 11 is 0. The van der Waals surface area contributed by atoms with Crippen LogP contribution >= 0.6 is 0 Å². The van der Waals surface area contributed by atoms with Gasteiger partial charge in [0.1, 0.15) is 0 Å². The maximum absolute atomic E-state index is 10.3. The van der Waals surface area contributed by atoms with Crippen LogP contribution in [0.15, 0.2) is 12.2 Å². The number of hydrogen-bond acceptors (Lipinski definition) is 2. The van der Waals surface area contributed by atoms with Gasteiger partial charge in [0.2, 0.25) is 0 Å². The monoisotopic (exact) mass is 344 g/mol. The molecule has 0 fully saturated rings. The fraction of sp³-hybridized carbons (Fsp3) is 0.864. The quantitative estimate of drug-likeness (QED) is 0.205. The second kappa shape index (κ2) is 23.8. The molecule has 0 aromatic carbocycles. The molecule has 0 spiro atoms. The van der Waals surface area contributed by atoms with E-state index < -0.39 is 5.97 Å². The molecule has 0 aliphatic carbocycles. The van der Waals surface area contributed by atoms with Crippen LogP contribution in [0.4, 0.5) is 0 Å². The number of carbonyl (C=O) groups is 1. The molecule has 0 unspecified atom stereocenters. The number of unbranched alkanes of at least 4 members (excludes halogenated alkanes) is 15. The molecule has 0 saturated carbocycles. The van der Waals surface area contributed by atoms with Gasteiger partial charge in [0.05, 0.1) is 0 Å². The molecule has 0 atom stereocenters. The molecule has 0 N–H and O–H groups in total. The number of aliphatic carboxylic acids is 1. The number of carbonyl (C=O) groups excluding carboxylic acids is 1. The molecule has 0 aliphatic heterocycles. The van der Waals surface area contributed by atoms with Crippen molar-refractivity contribution in [3.63, 3.8) is 0 Å². The smallest absolute Gasteiger partial charge is 0.550 e. The van der Waals surface area contributed by atoms with Crippen LogP contribution in [0.5, 0.6) is 0 Å². The molecule has 0 saturated heterocycles. The first-order valence-electron chi connectivity index (χ1n) is 10.6. The topological polar surface area (TPSA) is 40.1 Å². The van der Waals surface area contributed by atoms with Crippen molar-refractivity contribution in [1.29, 1.82) is 0 Å². The van der Waals surface area contributed by atoms with E-state index in [1.54, 1.807) is 0 Å². The van der Waals surface area contributed by atoms with Gasteiger partial charge in [-0.05, 0) is 38.5 Å². The van der Waals surface area contributed by atoms with Crippen LogP contribution in [0.3, 0.4) is 0 Å². The van der Waals surface area contributed by atoms with E-state index in [9.17, 15) is 9.90 Å². The molecule has 0 aromatic rings. The van der Waals surface area contributed by atoms with Gasteiger partial charge >= 0.3 is 18.9 Å². The van der Waals surface area contributed by atoms with Crippen molar-refractivity contribution < 1.29 is 28.8 Å². The Morgan fingerprint density at radius 1 is 0.640 bits per heavy atom. The van der Waals surface area contributed by atoms with Gasteiger partial charge < -0.3 is 9.90 Å². The molecule has 142 valence electrons. The van der Waals surface area contributed by atoms with Crippen LogP contribution in [0.2, 0.25) is 0 Å². The predicted molar refractivity (Wildman–Crippen MR) is 103 cm³/mol. The maximum atomic E-state index is 10.3. The van der Waals surface area contributed by atoms with E-state index in [1.807, 2.05) is 0 Å². The first-order chi connectivity index (χ1) is 11.8. The van der Waals surface area contributed by atoms with Crippen LogP contribution in [0.25, 0.3) is 0 Å². The normalized spacial score (nSPS) is 10.9. The molecular weight excluding hydrogens is 303 g/mol. The van der Waals surface area contributed by atoms with Crippen molar-refractivity contribution in [1.82, 2.24) is 0 Å². The number of allylic oxidation sites excluding steroid dienone is 2. The molecule has 0 rings (SSSR count). The summed E-state index contributed by atoms with van der Waals surface area (Å²) in [4.78, 5) is 10.3. The van der Waals surface area contributed by atoms with Crippen LogP contribution in [0.1, 0.15) is 122 Å². The average Bonchev–Trinajstić information content (AvgIpc) is 2.56. The van der Waals surface area contributed by atoms with Crippen molar-refractivity contribution in [3.05, 3.63) is 12.2 Å². The summed E-state index contributed by atoms with van der Waals surface area (Å²) in [6.07, 6.45) is 26.8. The van der Waals surface area contributed by atoms with Crippen LogP contribution in [-0.2, 0) is 4.79 Å². The Labute approximate surface area is 169 Å². The van der Waals surface area contributed by atoms with E-state index in [2.05, 4.69) is 19.1 Å². The molecule has 25 heavy (non-hydrogen) atoms. The fourth-order valence-electron chi connectivity index (χ4n) is 3.05. The SMILES string of the molecule is CCCCCCCC/C=C/CCCCCCCCCCCC(=O)[O-].[Li+]. The first-order valence-corrected chi connectivity index (χ1v) is 10.6. The molecular formula is C22H41LiO2. The summed E-state index contributed by atoms with van der Waals surface area (Å²) < 4.78 is 0. The summed E-state index contributed by atoms with van der Waals surface area (Å²) in [7, 11) is 0. The molecule has 0 amide bonds. The van der Waals surface area contributed by atoms with E-state index in [1.165, 1.54) is 96.3 Å². The van der Waals surface area contributed by atoms with E-state index in [-0.39, 0.29) is 25.3 Å². The van der Waals surface area contributed by atoms with Crippen LogP contribution in [0, 0.1) is 0 Å². The van der Waals surface area contributed by atoms with Gasteiger partial charge in [-0.1, -0.05) is 96.1 Å².